The molecule has 0 radical (unpaired) electrons. The van der Waals surface area contributed by atoms with E-state index < -0.39 is 0 Å². The number of anilines is 1. The van der Waals surface area contributed by atoms with Crippen molar-refractivity contribution >= 4 is 23.1 Å². The van der Waals surface area contributed by atoms with Crippen molar-refractivity contribution in [3.63, 3.8) is 0 Å². The second-order valence-corrected chi connectivity index (χ2v) is 6.33. The summed E-state index contributed by atoms with van der Waals surface area (Å²) in [7, 11) is 0. The summed E-state index contributed by atoms with van der Waals surface area (Å²) in [6.45, 7) is 2.60. The highest BCUT2D eigenvalue weighted by molar-refractivity contribution is 7.11. The number of carbonyl (C=O) groups excluding carboxylic acids is 1. The van der Waals surface area contributed by atoms with Crippen molar-refractivity contribution in [1.82, 2.24) is 9.88 Å². The second-order valence-electron chi connectivity index (χ2n) is 4.96. The Morgan fingerprint density at radius 3 is 2.68 bits per heavy atom. The van der Waals surface area contributed by atoms with Gasteiger partial charge in [-0.25, -0.2) is 4.79 Å². The number of aryl methyl sites for hydroxylation is 1. The molecule has 3 aromatic rings. The first-order chi connectivity index (χ1) is 10.7. The molecule has 0 atom stereocenters. The number of hydrogen-bond acceptors (Lipinski definition) is 2. The van der Waals surface area contributed by atoms with E-state index in [2.05, 4.69) is 23.6 Å². The molecule has 0 saturated heterocycles. The Bertz CT molecular complexity index is 762. The van der Waals surface area contributed by atoms with Crippen molar-refractivity contribution in [2.45, 2.75) is 13.5 Å². The first-order valence-corrected chi connectivity index (χ1v) is 7.86. The number of benzene rings is 1. The van der Waals surface area contributed by atoms with Crippen LogP contribution in [-0.4, -0.2) is 10.6 Å². The zero-order valence-corrected chi connectivity index (χ0v) is 13.1. The minimum absolute atomic E-state index is 0.198. The quantitative estimate of drug-likeness (QED) is 0.746. The molecule has 22 heavy (non-hydrogen) atoms. The molecule has 2 N–H and O–H groups in total. The zero-order valence-electron chi connectivity index (χ0n) is 12.2. The maximum Gasteiger partial charge on any atom is 0.319 e. The van der Waals surface area contributed by atoms with E-state index in [1.54, 1.807) is 11.3 Å². The van der Waals surface area contributed by atoms with Gasteiger partial charge in [-0.1, -0.05) is 6.07 Å². The van der Waals surface area contributed by atoms with E-state index in [4.69, 9.17) is 0 Å². The van der Waals surface area contributed by atoms with Crippen LogP contribution in [-0.2, 0) is 6.54 Å². The van der Waals surface area contributed by atoms with Crippen LogP contribution in [0.4, 0.5) is 10.5 Å². The monoisotopic (exact) mass is 311 g/mol. The number of thiophene rings is 1. The first kappa shape index (κ1) is 14.4. The lowest BCUT2D eigenvalue weighted by atomic mass is 10.3. The summed E-state index contributed by atoms with van der Waals surface area (Å²) in [5, 5.41) is 5.73. The standard InChI is InChI=1S/C17H17N3OS/c1-13-7-8-16(22-13)12-18-17(21)19-14-5-4-6-15(11-14)20-9-2-3-10-20/h2-11H,12H2,1H3,(H2,18,19,21). The van der Waals surface area contributed by atoms with Gasteiger partial charge in [0.1, 0.15) is 0 Å². The molecule has 0 aliphatic rings. The number of carbonyl (C=O) groups is 1. The number of nitrogens with one attached hydrogen (secondary N) is 2. The van der Waals surface area contributed by atoms with Gasteiger partial charge in [-0.15, -0.1) is 11.3 Å². The maximum absolute atomic E-state index is 12.0. The van der Waals surface area contributed by atoms with Crippen molar-refractivity contribution in [2.75, 3.05) is 5.32 Å². The molecular weight excluding hydrogens is 294 g/mol. The third kappa shape index (κ3) is 3.56. The van der Waals surface area contributed by atoms with Gasteiger partial charge in [0, 0.05) is 33.5 Å². The average Bonchev–Trinajstić information content (AvgIpc) is 3.17. The number of urea groups is 1. The normalized spacial score (nSPS) is 10.4. The van der Waals surface area contributed by atoms with Crippen LogP contribution in [0.2, 0.25) is 0 Å². The highest BCUT2D eigenvalue weighted by Gasteiger charge is 2.04. The van der Waals surface area contributed by atoms with Crippen molar-refractivity contribution in [3.8, 4) is 5.69 Å². The molecule has 2 aromatic heterocycles. The van der Waals surface area contributed by atoms with E-state index in [-0.39, 0.29) is 6.03 Å². The fourth-order valence-electron chi connectivity index (χ4n) is 2.17. The lowest BCUT2D eigenvalue weighted by Gasteiger charge is -2.09. The molecule has 0 bridgehead atoms. The number of hydrogen-bond donors (Lipinski definition) is 2. The Balaban J connectivity index is 1.60. The van der Waals surface area contributed by atoms with Gasteiger partial charge in [-0.2, -0.15) is 0 Å². The third-order valence-corrected chi connectivity index (χ3v) is 4.23. The van der Waals surface area contributed by atoms with Gasteiger partial charge in [-0.3, -0.25) is 0 Å². The van der Waals surface area contributed by atoms with Crippen LogP contribution >= 0.6 is 11.3 Å². The molecule has 0 saturated carbocycles. The van der Waals surface area contributed by atoms with Gasteiger partial charge in [-0.05, 0) is 49.4 Å². The summed E-state index contributed by atoms with van der Waals surface area (Å²) in [4.78, 5) is 14.4. The maximum atomic E-state index is 12.0. The Labute approximate surface area is 133 Å². The Kier molecular flexibility index (Phi) is 4.25. The Hall–Kier alpha value is -2.53. The van der Waals surface area contributed by atoms with E-state index in [1.165, 1.54) is 4.88 Å². The molecule has 3 rings (SSSR count). The molecule has 0 spiro atoms. The van der Waals surface area contributed by atoms with Gasteiger partial charge < -0.3 is 15.2 Å². The molecule has 2 heterocycles. The number of amides is 2. The molecule has 0 aliphatic heterocycles. The topological polar surface area (TPSA) is 46.1 Å². The molecular formula is C17H17N3OS. The molecule has 4 nitrogen and oxygen atoms in total. The van der Waals surface area contributed by atoms with Gasteiger partial charge in [0.25, 0.3) is 0 Å². The summed E-state index contributed by atoms with van der Waals surface area (Å²) in [6, 6.07) is 15.6. The van der Waals surface area contributed by atoms with Crippen molar-refractivity contribution in [3.05, 3.63) is 70.7 Å². The van der Waals surface area contributed by atoms with Crippen LogP contribution < -0.4 is 10.6 Å². The lowest BCUT2D eigenvalue weighted by Crippen LogP contribution is -2.27. The van der Waals surface area contributed by atoms with Gasteiger partial charge in [0.2, 0.25) is 0 Å². The van der Waals surface area contributed by atoms with Crippen LogP contribution in [0.5, 0.6) is 0 Å². The van der Waals surface area contributed by atoms with Crippen LogP contribution in [0.15, 0.2) is 60.9 Å². The molecule has 112 valence electrons. The Morgan fingerprint density at radius 2 is 1.95 bits per heavy atom. The zero-order chi connectivity index (χ0) is 15.4. The summed E-state index contributed by atoms with van der Waals surface area (Å²) in [5.41, 5.74) is 1.78. The molecule has 5 heteroatoms. The largest absolute Gasteiger partial charge is 0.333 e. The van der Waals surface area contributed by atoms with E-state index in [0.29, 0.717) is 6.54 Å². The van der Waals surface area contributed by atoms with Crippen molar-refractivity contribution in [1.29, 1.82) is 0 Å². The first-order valence-electron chi connectivity index (χ1n) is 7.04. The van der Waals surface area contributed by atoms with E-state index >= 15 is 0 Å². The number of nitrogens with zero attached hydrogens (tertiary/aromatic N) is 1. The Morgan fingerprint density at radius 1 is 1.14 bits per heavy atom. The highest BCUT2D eigenvalue weighted by atomic mass is 32.1. The molecule has 0 fully saturated rings. The summed E-state index contributed by atoms with van der Waals surface area (Å²) in [5.74, 6) is 0. The van der Waals surface area contributed by atoms with Crippen LogP contribution in [0.1, 0.15) is 9.75 Å². The predicted molar refractivity (Wildman–Crippen MR) is 90.7 cm³/mol. The minimum Gasteiger partial charge on any atom is -0.333 e. The summed E-state index contributed by atoms with van der Waals surface area (Å²) in [6.07, 6.45) is 3.94. The average molecular weight is 311 g/mol. The molecule has 1 aromatic carbocycles. The van der Waals surface area contributed by atoms with Crippen LogP contribution in [0.25, 0.3) is 5.69 Å². The lowest BCUT2D eigenvalue weighted by molar-refractivity contribution is 0.252. The van der Waals surface area contributed by atoms with Crippen molar-refractivity contribution < 1.29 is 4.79 Å². The minimum atomic E-state index is -0.198. The van der Waals surface area contributed by atoms with Crippen molar-refractivity contribution in [2.24, 2.45) is 0 Å². The van der Waals surface area contributed by atoms with Crippen LogP contribution in [0, 0.1) is 6.92 Å². The SMILES string of the molecule is Cc1ccc(CNC(=O)Nc2cccc(-n3cccc3)c2)s1. The molecule has 2 amide bonds. The van der Waals surface area contributed by atoms with Gasteiger partial charge in [0.05, 0.1) is 6.54 Å². The summed E-state index contributed by atoms with van der Waals surface area (Å²) >= 11 is 1.69. The van der Waals surface area contributed by atoms with Crippen LogP contribution in [0.3, 0.4) is 0 Å². The predicted octanol–water partition coefficient (Wildman–Crippen LogP) is 4.17. The summed E-state index contributed by atoms with van der Waals surface area (Å²) < 4.78 is 2.00. The fourth-order valence-corrected chi connectivity index (χ4v) is 3.00. The molecule has 0 unspecified atom stereocenters. The van der Waals surface area contributed by atoms with Gasteiger partial charge >= 0.3 is 6.03 Å². The van der Waals surface area contributed by atoms with E-state index in [1.807, 2.05) is 59.4 Å². The van der Waals surface area contributed by atoms with Gasteiger partial charge in [0.15, 0.2) is 0 Å². The highest BCUT2D eigenvalue weighted by Crippen LogP contribution is 2.16. The second kappa shape index (κ2) is 6.49. The number of aromatic nitrogens is 1. The fraction of sp³-hybridized carbons (Fsp3) is 0.118. The third-order valence-electron chi connectivity index (χ3n) is 3.23. The number of rotatable bonds is 4. The van der Waals surface area contributed by atoms with E-state index in [0.717, 1.165) is 16.3 Å². The smallest absolute Gasteiger partial charge is 0.319 e. The molecule has 0 aliphatic carbocycles. The van der Waals surface area contributed by atoms with E-state index in [9.17, 15) is 4.79 Å².